The van der Waals surface area contributed by atoms with E-state index in [4.69, 9.17) is 15.2 Å². The molecule has 0 aromatic heterocycles. The summed E-state index contributed by atoms with van der Waals surface area (Å²) in [5.74, 6) is 1.20. The Balaban J connectivity index is 2.30. The summed E-state index contributed by atoms with van der Waals surface area (Å²) in [5, 5.41) is 0. The maximum Gasteiger partial charge on any atom is 0.257 e. The Bertz CT molecular complexity index is 448. The fraction of sp³-hybridized carbons (Fsp3) is 0.462. The lowest BCUT2D eigenvalue weighted by Gasteiger charge is -2.20. The third kappa shape index (κ3) is 2.41. The van der Waals surface area contributed by atoms with E-state index in [9.17, 15) is 4.79 Å². The van der Waals surface area contributed by atoms with Crippen molar-refractivity contribution in [2.45, 2.75) is 13.0 Å². The highest BCUT2D eigenvalue weighted by atomic mass is 16.5. The van der Waals surface area contributed by atoms with Crippen LogP contribution in [0.3, 0.4) is 0 Å². The quantitative estimate of drug-likeness (QED) is 0.864. The van der Waals surface area contributed by atoms with Crippen molar-refractivity contribution in [3.8, 4) is 11.5 Å². The minimum Gasteiger partial charge on any atom is -0.492 e. The number of nitrogens with two attached hydrogens (primary N) is 1. The van der Waals surface area contributed by atoms with Crippen LogP contribution < -0.4 is 15.2 Å². The third-order valence-electron chi connectivity index (χ3n) is 3.03. The van der Waals surface area contributed by atoms with E-state index in [1.54, 1.807) is 30.1 Å². The van der Waals surface area contributed by atoms with Crippen molar-refractivity contribution >= 4 is 5.91 Å². The Kier molecular flexibility index (Phi) is 3.72. The molecule has 1 heterocycles. The number of likely N-dealkylation sites (N-methyl/N-ethyl adjacent to an activating group) is 1. The van der Waals surface area contributed by atoms with E-state index in [2.05, 4.69) is 0 Å². The average molecular weight is 250 g/mol. The molecule has 0 saturated heterocycles. The van der Waals surface area contributed by atoms with Gasteiger partial charge in [0.25, 0.3) is 5.91 Å². The number of benzene rings is 1. The summed E-state index contributed by atoms with van der Waals surface area (Å²) in [6, 6.07) is 5.32. The third-order valence-corrected chi connectivity index (χ3v) is 3.03. The van der Waals surface area contributed by atoms with Gasteiger partial charge in [-0.05, 0) is 25.1 Å². The number of carbonyl (C=O) groups is 1. The van der Waals surface area contributed by atoms with Crippen LogP contribution in [0.4, 0.5) is 0 Å². The molecule has 0 radical (unpaired) electrons. The Labute approximate surface area is 106 Å². The second-order valence-corrected chi connectivity index (χ2v) is 4.37. The minimum atomic E-state index is -0.0480. The first-order valence-corrected chi connectivity index (χ1v) is 6.00. The van der Waals surface area contributed by atoms with Gasteiger partial charge < -0.3 is 20.1 Å². The van der Waals surface area contributed by atoms with E-state index in [0.717, 1.165) is 0 Å². The number of rotatable bonds is 3. The topological polar surface area (TPSA) is 64.8 Å². The molecule has 2 N–H and O–H groups in total. The van der Waals surface area contributed by atoms with Crippen molar-refractivity contribution in [2.24, 2.45) is 5.73 Å². The van der Waals surface area contributed by atoms with Crippen LogP contribution >= 0.6 is 0 Å². The van der Waals surface area contributed by atoms with Gasteiger partial charge in [0.15, 0.2) is 0 Å². The first-order valence-electron chi connectivity index (χ1n) is 6.00. The van der Waals surface area contributed by atoms with Crippen molar-refractivity contribution in [1.29, 1.82) is 0 Å². The number of amides is 1. The van der Waals surface area contributed by atoms with Crippen molar-refractivity contribution in [3.63, 3.8) is 0 Å². The normalized spacial score (nSPS) is 18.9. The predicted molar refractivity (Wildman–Crippen MR) is 68.0 cm³/mol. The van der Waals surface area contributed by atoms with Gasteiger partial charge in [-0.15, -0.1) is 0 Å². The largest absolute Gasteiger partial charge is 0.492 e. The molecule has 1 unspecified atom stereocenters. The zero-order valence-corrected chi connectivity index (χ0v) is 10.7. The van der Waals surface area contributed by atoms with Crippen LogP contribution in [0.25, 0.3) is 0 Å². The van der Waals surface area contributed by atoms with Crippen LogP contribution in [0.2, 0.25) is 0 Å². The van der Waals surface area contributed by atoms with Gasteiger partial charge in [-0.1, -0.05) is 0 Å². The molecule has 1 aliphatic heterocycles. The second-order valence-electron chi connectivity index (χ2n) is 4.37. The van der Waals surface area contributed by atoms with Gasteiger partial charge in [-0.2, -0.15) is 0 Å². The summed E-state index contributed by atoms with van der Waals surface area (Å²) in [4.78, 5) is 13.9. The number of nitrogens with zero attached hydrogens (tertiary/aromatic N) is 1. The SMILES string of the molecule is CC1COc2ccc(OCCN)cc2C(=O)N1C. The van der Waals surface area contributed by atoms with E-state index in [-0.39, 0.29) is 11.9 Å². The van der Waals surface area contributed by atoms with Gasteiger partial charge in [0.2, 0.25) is 0 Å². The summed E-state index contributed by atoms with van der Waals surface area (Å²) in [6.07, 6.45) is 0. The Hall–Kier alpha value is -1.75. The van der Waals surface area contributed by atoms with Gasteiger partial charge >= 0.3 is 0 Å². The monoisotopic (exact) mass is 250 g/mol. The summed E-state index contributed by atoms with van der Waals surface area (Å²) in [6.45, 7) is 3.33. The Morgan fingerprint density at radius 1 is 1.56 bits per heavy atom. The van der Waals surface area contributed by atoms with Crippen LogP contribution in [-0.4, -0.2) is 43.7 Å². The van der Waals surface area contributed by atoms with Crippen molar-refractivity contribution in [2.75, 3.05) is 26.8 Å². The smallest absolute Gasteiger partial charge is 0.257 e. The summed E-state index contributed by atoms with van der Waals surface area (Å²) in [7, 11) is 1.78. The summed E-state index contributed by atoms with van der Waals surface area (Å²) < 4.78 is 11.0. The fourth-order valence-corrected chi connectivity index (χ4v) is 1.78. The number of ether oxygens (including phenoxy) is 2. The van der Waals surface area contributed by atoms with Crippen LogP contribution in [0.1, 0.15) is 17.3 Å². The molecule has 0 fully saturated rings. The molecule has 98 valence electrons. The van der Waals surface area contributed by atoms with Crippen LogP contribution in [0.5, 0.6) is 11.5 Å². The first kappa shape index (κ1) is 12.7. The lowest BCUT2D eigenvalue weighted by Crippen LogP contribution is -2.36. The van der Waals surface area contributed by atoms with E-state index >= 15 is 0 Å². The standard InChI is InChI=1S/C13H18N2O3/c1-9-8-18-12-4-3-10(17-6-5-14)7-11(12)13(16)15(9)2/h3-4,7,9H,5-6,8,14H2,1-2H3. The van der Waals surface area contributed by atoms with E-state index < -0.39 is 0 Å². The first-order chi connectivity index (χ1) is 8.63. The highest BCUT2D eigenvalue weighted by molar-refractivity contribution is 5.97. The number of hydrogen-bond acceptors (Lipinski definition) is 4. The average Bonchev–Trinajstić information content (AvgIpc) is 2.49. The van der Waals surface area contributed by atoms with Crippen molar-refractivity contribution < 1.29 is 14.3 Å². The van der Waals surface area contributed by atoms with Crippen LogP contribution in [0.15, 0.2) is 18.2 Å². The maximum atomic E-state index is 12.2. The summed E-state index contributed by atoms with van der Waals surface area (Å²) >= 11 is 0. The molecule has 1 aromatic carbocycles. The molecule has 0 spiro atoms. The molecule has 1 atom stereocenters. The lowest BCUT2D eigenvalue weighted by atomic mass is 10.1. The molecular formula is C13H18N2O3. The molecule has 2 rings (SSSR count). The van der Waals surface area contributed by atoms with Crippen LogP contribution in [0, 0.1) is 0 Å². The molecule has 1 aromatic rings. The number of carbonyl (C=O) groups excluding carboxylic acids is 1. The molecule has 5 nitrogen and oxygen atoms in total. The van der Waals surface area contributed by atoms with Gasteiger partial charge in [0.1, 0.15) is 24.7 Å². The Morgan fingerprint density at radius 2 is 2.33 bits per heavy atom. The molecule has 18 heavy (non-hydrogen) atoms. The van der Waals surface area contributed by atoms with Gasteiger partial charge in [0, 0.05) is 13.6 Å². The van der Waals surface area contributed by atoms with Gasteiger partial charge in [-0.3, -0.25) is 4.79 Å². The second kappa shape index (κ2) is 5.27. The highest BCUT2D eigenvalue weighted by Gasteiger charge is 2.25. The van der Waals surface area contributed by atoms with E-state index in [1.165, 1.54) is 0 Å². The fourth-order valence-electron chi connectivity index (χ4n) is 1.78. The van der Waals surface area contributed by atoms with E-state index in [1.807, 2.05) is 6.92 Å². The molecular weight excluding hydrogens is 232 g/mol. The molecule has 0 aliphatic carbocycles. The van der Waals surface area contributed by atoms with Gasteiger partial charge in [0.05, 0.1) is 11.6 Å². The number of fused-ring (bicyclic) bond motifs is 1. The molecule has 0 bridgehead atoms. The van der Waals surface area contributed by atoms with Crippen molar-refractivity contribution in [1.82, 2.24) is 4.90 Å². The predicted octanol–water partition coefficient (Wildman–Crippen LogP) is 0.877. The molecule has 1 aliphatic rings. The van der Waals surface area contributed by atoms with E-state index in [0.29, 0.717) is 36.8 Å². The van der Waals surface area contributed by atoms with Crippen molar-refractivity contribution in [3.05, 3.63) is 23.8 Å². The number of hydrogen-bond donors (Lipinski definition) is 1. The lowest BCUT2D eigenvalue weighted by molar-refractivity contribution is 0.0732. The summed E-state index contributed by atoms with van der Waals surface area (Å²) in [5.41, 5.74) is 5.92. The zero-order chi connectivity index (χ0) is 13.1. The molecule has 0 saturated carbocycles. The molecule has 5 heteroatoms. The maximum absolute atomic E-state index is 12.2. The Morgan fingerprint density at radius 3 is 3.06 bits per heavy atom. The van der Waals surface area contributed by atoms with Gasteiger partial charge in [-0.25, -0.2) is 0 Å². The zero-order valence-electron chi connectivity index (χ0n) is 10.7. The minimum absolute atomic E-state index is 0.0480. The molecule has 1 amide bonds. The highest BCUT2D eigenvalue weighted by Crippen LogP contribution is 2.28. The van der Waals surface area contributed by atoms with Crippen LogP contribution in [-0.2, 0) is 0 Å².